The molecule has 0 aliphatic carbocycles. The molecule has 0 radical (unpaired) electrons. The first kappa shape index (κ1) is 19.8. The molecule has 0 N–H and O–H groups in total. The Balaban J connectivity index is 1.74. The van der Waals surface area contributed by atoms with E-state index in [2.05, 4.69) is 5.10 Å². The van der Waals surface area contributed by atoms with E-state index >= 15 is 0 Å². The van der Waals surface area contributed by atoms with Crippen LogP contribution in [0.15, 0.2) is 36.4 Å². The Labute approximate surface area is 174 Å². The number of rotatable bonds is 3. The van der Waals surface area contributed by atoms with Gasteiger partial charge < -0.3 is 4.90 Å². The van der Waals surface area contributed by atoms with Gasteiger partial charge in [0.1, 0.15) is 5.15 Å². The molecular weight excluding hydrogens is 426 g/mol. The molecule has 0 bridgehead atoms. The molecule has 0 saturated carbocycles. The van der Waals surface area contributed by atoms with E-state index in [0.717, 1.165) is 6.07 Å². The molecule has 0 saturated heterocycles. The van der Waals surface area contributed by atoms with Gasteiger partial charge in [-0.25, -0.2) is 17.9 Å². The molecule has 1 amide bonds. The maximum atomic E-state index is 14.4. The van der Waals surface area contributed by atoms with Crippen molar-refractivity contribution in [2.24, 2.45) is 0 Å². The molecule has 1 aromatic heterocycles. The summed E-state index contributed by atoms with van der Waals surface area (Å²) in [4.78, 5) is 14.2. The van der Waals surface area contributed by atoms with Crippen LogP contribution in [0.25, 0.3) is 0 Å². The number of nitrogens with zero attached hydrogens (tertiary/aromatic N) is 3. The normalized spacial score (nSPS) is 14.8. The molecule has 1 aliphatic heterocycles. The van der Waals surface area contributed by atoms with E-state index in [4.69, 9.17) is 23.2 Å². The molecule has 4 nitrogen and oxygen atoms in total. The van der Waals surface area contributed by atoms with Crippen LogP contribution in [0.2, 0.25) is 10.2 Å². The number of anilines is 1. The second kappa shape index (κ2) is 7.39. The summed E-state index contributed by atoms with van der Waals surface area (Å²) < 4.78 is 43.5. The lowest BCUT2D eigenvalue weighted by molar-refractivity contribution is 0.0974. The van der Waals surface area contributed by atoms with Crippen molar-refractivity contribution in [2.45, 2.75) is 19.4 Å². The third-order valence-electron chi connectivity index (χ3n) is 5.00. The highest BCUT2D eigenvalue weighted by molar-refractivity contribution is 6.32. The van der Waals surface area contributed by atoms with Crippen molar-refractivity contribution in [3.63, 3.8) is 0 Å². The number of aromatic nitrogens is 2. The standard InChI is InChI=1S/C20H14Cl2F3N3O/c1-10(11-4-2-6-14(23)16(11)24)28-19(22)12-8-9-27(20(29)18(12)26-28)15-7-3-5-13(21)17(15)25/h2-7,10H,8-9H2,1H3/t10-/m0/s1. The number of hydrogen-bond donors (Lipinski definition) is 0. The van der Waals surface area contributed by atoms with Crippen LogP contribution in [0, 0.1) is 17.5 Å². The molecular formula is C20H14Cl2F3N3O. The van der Waals surface area contributed by atoms with Crippen LogP contribution in [-0.2, 0) is 6.42 Å². The largest absolute Gasteiger partial charge is 0.304 e. The fourth-order valence-corrected chi connectivity index (χ4v) is 3.99. The molecule has 2 heterocycles. The van der Waals surface area contributed by atoms with Gasteiger partial charge in [0.15, 0.2) is 23.1 Å². The molecule has 1 aliphatic rings. The first-order valence-electron chi connectivity index (χ1n) is 8.78. The predicted molar refractivity (Wildman–Crippen MR) is 104 cm³/mol. The van der Waals surface area contributed by atoms with Gasteiger partial charge in [-0.3, -0.25) is 4.79 Å². The summed E-state index contributed by atoms with van der Waals surface area (Å²) in [7, 11) is 0. The summed E-state index contributed by atoms with van der Waals surface area (Å²) in [6.07, 6.45) is 0.324. The summed E-state index contributed by atoms with van der Waals surface area (Å²) in [5, 5.41) is 4.32. The van der Waals surface area contributed by atoms with Crippen molar-refractivity contribution in [3.8, 4) is 0 Å². The Morgan fingerprint density at radius 2 is 1.79 bits per heavy atom. The van der Waals surface area contributed by atoms with Gasteiger partial charge in [-0.2, -0.15) is 5.10 Å². The fraction of sp³-hybridized carbons (Fsp3) is 0.200. The van der Waals surface area contributed by atoms with Gasteiger partial charge in [-0.05, 0) is 31.5 Å². The van der Waals surface area contributed by atoms with Crippen molar-refractivity contribution in [1.29, 1.82) is 0 Å². The van der Waals surface area contributed by atoms with E-state index in [0.29, 0.717) is 12.0 Å². The summed E-state index contributed by atoms with van der Waals surface area (Å²) in [6.45, 7) is 1.78. The summed E-state index contributed by atoms with van der Waals surface area (Å²) >= 11 is 12.2. The van der Waals surface area contributed by atoms with Gasteiger partial charge in [0.05, 0.1) is 16.8 Å². The zero-order chi connectivity index (χ0) is 20.9. The minimum absolute atomic E-state index is 0.0445. The third-order valence-corrected chi connectivity index (χ3v) is 5.69. The van der Waals surface area contributed by atoms with Gasteiger partial charge in [-0.1, -0.05) is 41.4 Å². The van der Waals surface area contributed by atoms with Crippen LogP contribution in [0.4, 0.5) is 18.9 Å². The van der Waals surface area contributed by atoms with E-state index in [-0.39, 0.29) is 33.7 Å². The molecule has 0 spiro atoms. The van der Waals surface area contributed by atoms with E-state index in [1.165, 1.54) is 33.8 Å². The number of hydrogen-bond acceptors (Lipinski definition) is 2. The van der Waals surface area contributed by atoms with Gasteiger partial charge >= 0.3 is 0 Å². The zero-order valence-electron chi connectivity index (χ0n) is 15.1. The van der Waals surface area contributed by atoms with Crippen LogP contribution < -0.4 is 4.90 Å². The monoisotopic (exact) mass is 439 g/mol. The number of amides is 1. The van der Waals surface area contributed by atoms with Gasteiger partial charge in [0.2, 0.25) is 0 Å². The van der Waals surface area contributed by atoms with E-state index in [9.17, 15) is 18.0 Å². The molecule has 1 atom stereocenters. The number of benzene rings is 2. The first-order chi connectivity index (χ1) is 13.8. The van der Waals surface area contributed by atoms with E-state index in [1.54, 1.807) is 13.0 Å². The van der Waals surface area contributed by atoms with Crippen molar-refractivity contribution >= 4 is 34.8 Å². The van der Waals surface area contributed by atoms with Crippen LogP contribution in [0.3, 0.4) is 0 Å². The average molecular weight is 440 g/mol. The Morgan fingerprint density at radius 1 is 1.07 bits per heavy atom. The Hall–Kier alpha value is -2.51. The Bertz CT molecular complexity index is 1130. The van der Waals surface area contributed by atoms with Crippen molar-refractivity contribution < 1.29 is 18.0 Å². The number of carbonyl (C=O) groups is 1. The highest BCUT2D eigenvalue weighted by Gasteiger charge is 2.34. The topological polar surface area (TPSA) is 38.1 Å². The molecule has 0 unspecified atom stereocenters. The molecule has 2 aromatic carbocycles. The maximum absolute atomic E-state index is 14.4. The molecule has 150 valence electrons. The quantitative estimate of drug-likeness (QED) is 0.546. The van der Waals surface area contributed by atoms with Crippen LogP contribution >= 0.6 is 23.2 Å². The maximum Gasteiger partial charge on any atom is 0.279 e. The molecule has 4 rings (SSSR count). The first-order valence-corrected chi connectivity index (χ1v) is 9.53. The summed E-state index contributed by atoms with van der Waals surface area (Å²) in [5.41, 5.74) is 0.628. The predicted octanol–water partition coefficient (Wildman–Crippen LogP) is 5.42. The van der Waals surface area contributed by atoms with E-state index < -0.39 is 29.4 Å². The lowest BCUT2D eigenvalue weighted by atomic mass is 10.1. The van der Waals surface area contributed by atoms with Gasteiger partial charge in [-0.15, -0.1) is 0 Å². The van der Waals surface area contributed by atoms with Crippen LogP contribution in [0.1, 0.15) is 34.6 Å². The number of carbonyl (C=O) groups excluding carboxylic acids is 1. The van der Waals surface area contributed by atoms with Gasteiger partial charge in [0.25, 0.3) is 5.91 Å². The smallest absolute Gasteiger partial charge is 0.279 e. The minimum Gasteiger partial charge on any atom is -0.304 e. The second-order valence-electron chi connectivity index (χ2n) is 6.66. The van der Waals surface area contributed by atoms with Crippen LogP contribution in [0.5, 0.6) is 0 Å². The van der Waals surface area contributed by atoms with Crippen molar-refractivity contribution in [1.82, 2.24) is 9.78 Å². The average Bonchev–Trinajstić information content (AvgIpc) is 3.04. The highest BCUT2D eigenvalue weighted by atomic mass is 35.5. The van der Waals surface area contributed by atoms with E-state index in [1.807, 2.05) is 0 Å². The number of halogens is 5. The highest BCUT2D eigenvalue weighted by Crippen LogP contribution is 2.34. The Kier molecular flexibility index (Phi) is 5.04. The lowest BCUT2D eigenvalue weighted by Gasteiger charge is -2.26. The zero-order valence-corrected chi connectivity index (χ0v) is 16.6. The lowest BCUT2D eigenvalue weighted by Crippen LogP contribution is -2.38. The summed E-state index contributed by atoms with van der Waals surface area (Å²) in [6, 6.07) is 7.46. The Morgan fingerprint density at radius 3 is 2.55 bits per heavy atom. The fourth-order valence-electron chi connectivity index (χ4n) is 3.46. The molecule has 9 heteroatoms. The van der Waals surface area contributed by atoms with Crippen LogP contribution in [-0.4, -0.2) is 22.2 Å². The summed E-state index contributed by atoms with van der Waals surface area (Å²) in [5.74, 6) is -3.23. The number of fused-ring (bicyclic) bond motifs is 1. The van der Waals surface area contributed by atoms with Gasteiger partial charge in [0, 0.05) is 17.7 Å². The molecule has 0 fully saturated rings. The second-order valence-corrected chi connectivity index (χ2v) is 7.43. The third kappa shape index (κ3) is 3.18. The molecule has 3 aromatic rings. The van der Waals surface area contributed by atoms with Crippen molar-refractivity contribution in [3.05, 3.63) is 80.8 Å². The SMILES string of the molecule is C[C@@H](c1cccc(F)c1F)n1nc2c(c1Cl)CCN(c1cccc(Cl)c1F)C2=O. The molecule has 29 heavy (non-hydrogen) atoms. The van der Waals surface area contributed by atoms with Crippen molar-refractivity contribution in [2.75, 3.05) is 11.4 Å². The minimum atomic E-state index is -1.00.